The van der Waals surface area contributed by atoms with Crippen LogP contribution in [0.1, 0.15) is 40.5 Å². The van der Waals surface area contributed by atoms with Gasteiger partial charge in [-0.15, -0.1) is 11.3 Å². The molecule has 4 nitrogen and oxygen atoms in total. The van der Waals surface area contributed by atoms with Gasteiger partial charge in [0.05, 0.1) is 18.8 Å². The molecule has 2 aromatic rings. The number of aromatic nitrogens is 2. The van der Waals surface area contributed by atoms with Gasteiger partial charge in [0.1, 0.15) is 0 Å². The maximum Gasteiger partial charge on any atom is 0.226 e. The van der Waals surface area contributed by atoms with Crippen LogP contribution < -0.4 is 0 Å². The summed E-state index contributed by atoms with van der Waals surface area (Å²) in [7, 11) is 0. The van der Waals surface area contributed by atoms with Crippen molar-refractivity contribution in [2.75, 3.05) is 6.54 Å². The van der Waals surface area contributed by atoms with Gasteiger partial charge >= 0.3 is 0 Å². The molecule has 4 rings (SSSR count). The Balaban J connectivity index is 1.41. The second-order valence-corrected chi connectivity index (χ2v) is 8.28. The standard InChI is InChI=1S/C18H23N3OS/c1-12-9-19-20(10-12)11-14-4-3-7-21(14)18(22)16-8-15(16)17-6-5-13(2)23-17/h5-6,9-10,14-16H,3-4,7-8,11H2,1-2H3/t14-,15+,16-/m0/s1. The van der Waals surface area contributed by atoms with E-state index in [1.807, 2.05) is 22.2 Å². The molecule has 1 aliphatic heterocycles. The van der Waals surface area contributed by atoms with Crippen LogP contribution in [0.5, 0.6) is 0 Å². The molecule has 0 unspecified atom stereocenters. The van der Waals surface area contributed by atoms with Crippen LogP contribution in [0.2, 0.25) is 0 Å². The average molecular weight is 329 g/mol. The van der Waals surface area contributed by atoms with Gasteiger partial charge in [-0.05, 0) is 50.8 Å². The zero-order chi connectivity index (χ0) is 16.0. The van der Waals surface area contributed by atoms with E-state index in [1.54, 1.807) is 0 Å². The van der Waals surface area contributed by atoms with Gasteiger partial charge in [0, 0.05) is 34.3 Å². The minimum atomic E-state index is 0.216. The highest BCUT2D eigenvalue weighted by Gasteiger charge is 2.48. The zero-order valence-electron chi connectivity index (χ0n) is 13.7. The van der Waals surface area contributed by atoms with Crippen LogP contribution in [-0.2, 0) is 11.3 Å². The van der Waals surface area contributed by atoms with Crippen molar-refractivity contribution in [2.24, 2.45) is 5.92 Å². The normalized spacial score (nSPS) is 26.7. The lowest BCUT2D eigenvalue weighted by Crippen LogP contribution is -2.39. The summed E-state index contributed by atoms with van der Waals surface area (Å²) in [6, 6.07) is 4.68. The van der Waals surface area contributed by atoms with Gasteiger partial charge in [0.25, 0.3) is 0 Å². The third-order valence-electron chi connectivity index (χ3n) is 5.05. The fraction of sp³-hybridized carbons (Fsp3) is 0.556. The molecule has 3 heterocycles. The molecule has 122 valence electrons. The van der Waals surface area contributed by atoms with E-state index in [-0.39, 0.29) is 5.92 Å². The lowest BCUT2D eigenvalue weighted by atomic mass is 10.2. The number of likely N-dealkylation sites (tertiary alicyclic amines) is 1. The first-order chi connectivity index (χ1) is 11.1. The predicted octanol–water partition coefficient (Wildman–Crippen LogP) is 3.36. The van der Waals surface area contributed by atoms with Crippen molar-refractivity contribution in [1.29, 1.82) is 0 Å². The Labute approximate surface area is 141 Å². The summed E-state index contributed by atoms with van der Waals surface area (Å²) in [5.41, 5.74) is 1.18. The average Bonchev–Trinajstić information content (AvgIpc) is 2.86. The van der Waals surface area contributed by atoms with E-state index in [0.29, 0.717) is 17.9 Å². The van der Waals surface area contributed by atoms with E-state index in [4.69, 9.17) is 0 Å². The van der Waals surface area contributed by atoms with Gasteiger partial charge < -0.3 is 4.90 Å². The molecule has 0 spiro atoms. The van der Waals surface area contributed by atoms with Crippen molar-refractivity contribution in [3.63, 3.8) is 0 Å². The maximum absolute atomic E-state index is 12.9. The third-order valence-corrected chi connectivity index (χ3v) is 6.19. The van der Waals surface area contributed by atoms with Crippen molar-refractivity contribution >= 4 is 17.2 Å². The first kappa shape index (κ1) is 14.9. The van der Waals surface area contributed by atoms with E-state index < -0.39 is 0 Å². The molecule has 0 N–H and O–H groups in total. The Morgan fingerprint density at radius 3 is 2.96 bits per heavy atom. The molecule has 0 radical (unpaired) electrons. The van der Waals surface area contributed by atoms with Crippen LogP contribution in [0.15, 0.2) is 24.5 Å². The summed E-state index contributed by atoms with van der Waals surface area (Å²) in [5, 5.41) is 4.38. The van der Waals surface area contributed by atoms with E-state index in [1.165, 1.54) is 15.3 Å². The monoisotopic (exact) mass is 329 g/mol. The molecule has 1 amide bonds. The topological polar surface area (TPSA) is 38.1 Å². The molecule has 0 aromatic carbocycles. The fourth-order valence-electron chi connectivity index (χ4n) is 3.75. The zero-order valence-corrected chi connectivity index (χ0v) is 14.6. The number of aryl methyl sites for hydroxylation is 2. The van der Waals surface area contributed by atoms with Gasteiger partial charge in [-0.25, -0.2) is 0 Å². The van der Waals surface area contributed by atoms with Crippen LogP contribution in [0.3, 0.4) is 0 Å². The van der Waals surface area contributed by atoms with E-state index in [0.717, 1.165) is 32.4 Å². The van der Waals surface area contributed by atoms with Gasteiger partial charge in [-0.1, -0.05) is 0 Å². The molecular formula is C18H23N3OS. The molecule has 5 heteroatoms. The van der Waals surface area contributed by atoms with Crippen molar-refractivity contribution in [1.82, 2.24) is 14.7 Å². The Bertz CT molecular complexity index is 719. The first-order valence-electron chi connectivity index (χ1n) is 8.47. The van der Waals surface area contributed by atoms with Gasteiger partial charge in [-0.2, -0.15) is 5.10 Å². The van der Waals surface area contributed by atoms with Crippen LogP contribution in [-0.4, -0.2) is 33.2 Å². The Morgan fingerprint density at radius 1 is 1.39 bits per heavy atom. The molecule has 1 saturated carbocycles. The maximum atomic E-state index is 12.9. The highest BCUT2D eigenvalue weighted by Crippen LogP contribution is 2.51. The van der Waals surface area contributed by atoms with Crippen LogP contribution in [0.4, 0.5) is 0 Å². The smallest absolute Gasteiger partial charge is 0.226 e. The molecule has 1 aliphatic carbocycles. The largest absolute Gasteiger partial charge is 0.338 e. The number of hydrogen-bond acceptors (Lipinski definition) is 3. The molecular weight excluding hydrogens is 306 g/mol. The van der Waals surface area contributed by atoms with Gasteiger partial charge in [0.2, 0.25) is 5.91 Å². The third kappa shape index (κ3) is 2.94. The summed E-state index contributed by atoms with van der Waals surface area (Å²) in [4.78, 5) is 17.8. The number of carbonyl (C=O) groups is 1. The van der Waals surface area contributed by atoms with Crippen LogP contribution in [0, 0.1) is 19.8 Å². The molecule has 2 aromatic heterocycles. The lowest BCUT2D eigenvalue weighted by molar-refractivity contribution is -0.133. The number of carbonyl (C=O) groups excluding carboxylic acids is 1. The van der Waals surface area contributed by atoms with E-state index in [9.17, 15) is 4.79 Å². The Morgan fingerprint density at radius 2 is 2.26 bits per heavy atom. The number of amides is 1. The molecule has 3 atom stereocenters. The number of hydrogen-bond donors (Lipinski definition) is 0. The lowest BCUT2D eigenvalue weighted by Gasteiger charge is -2.25. The summed E-state index contributed by atoms with van der Waals surface area (Å²) < 4.78 is 1.98. The quantitative estimate of drug-likeness (QED) is 0.863. The highest BCUT2D eigenvalue weighted by atomic mass is 32.1. The van der Waals surface area contributed by atoms with Crippen molar-refractivity contribution in [3.8, 4) is 0 Å². The summed E-state index contributed by atoms with van der Waals surface area (Å²) in [6.45, 7) is 5.93. The van der Waals surface area contributed by atoms with Gasteiger partial charge in [0.15, 0.2) is 0 Å². The SMILES string of the molecule is Cc1cnn(C[C@@H]2CCCN2C(=O)[C@H]2C[C@H]2c2ccc(C)s2)c1. The summed E-state index contributed by atoms with van der Waals surface area (Å²) in [6.07, 6.45) is 7.20. The second-order valence-electron chi connectivity index (χ2n) is 6.96. The summed E-state index contributed by atoms with van der Waals surface area (Å²) in [5.74, 6) is 1.05. The van der Waals surface area contributed by atoms with Crippen molar-refractivity contribution in [3.05, 3.63) is 39.8 Å². The van der Waals surface area contributed by atoms with Crippen molar-refractivity contribution in [2.45, 2.75) is 51.6 Å². The van der Waals surface area contributed by atoms with Crippen LogP contribution in [0.25, 0.3) is 0 Å². The minimum Gasteiger partial charge on any atom is -0.338 e. The van der Waals surface area contributed by atoms with Crippen LogP contribution >= 0.6 is 11.3 Å². The Hall–Kier alpha value is -1.62. The molecule has 0 bridgehead atoms. The molecule has 1 saturated heterocycles. The molecule has 2 fully saturated rings. The second kappa shape index (κ2) is 5.78. The highest BCUT2D eigenvalue weighted by molar-refractivity contribution is 7.12. The van der Waals surface area contributed by atoms with E-state index >= 15 is 0 Å². The fourth-order valence-corrected chi connectivity index (χ4v) is 4.80. The van der Waals surface area contributed by atoms with Gasteiger partial charge in [-0.3, -0.25) is 9.48 Å². The summed E-state index contributed by atoms with van der Waals surface area (Å²) >= 11 is 1.84. The first-order valence-corrected chi connectivity index (χ1v) is 9.29. The van der Waals surface area contributed by atoms with E-state index in [2.05, 4.69) is 42.2 Å². The predicted molar refractivity (Wildman–Crippen MR) is 91.6 cm³/mol. The number of nitrogens with zero attached hydrogens (tertiary/aromatic N) is 3. The number of rotatable bonds is 4. The Kier molecular flexibility index (Phi) is 3.76. The minimum absolute atomic E-state index is 0.216. The number of thiophene rings is 1. The van der Waals surface area contributed by atoms with Crippen molar-refractivity contribution < 1.29 is 4.79 Å². The molecule has 23 heavy (non-hydrogen) atoms. The molecule has 2 aliphatic rings.